The van der Waals surface area contributed by atoms with Gasteiger partial charge in [-0.3, -0.25) is 0 Å². The fourth-order valence-electron chi connectivity index (χ4n) is 1.20. The number of nitrogens with two attached hydrogens (primary N) is 1. The predicted molar refractivity (Wildman–Crippen MR) is 59.8 cm³/mol. The molecule has 0 aliphatic carbocycles. The van der Waals surface area contributed by atoms with E-state index in [1.165, 1.54) is 11.3 Å². The van der Waals surface area contributed by atoms with Gasteiger partial charge in [-0.1, -0.05) is 23.5 Å². The van der Waals surface area contributed by atoms with Crippen molar-refractivity contribution in [2.75, 3.05) is 5.73 Å². The second-order valence-corrected chi connectivity index (χ2v) is 4.30. The van der Waals surface area contributed by atoms with Crippen LogP contribution < -0.4 is 10.5 Å². The third-order valence-corrected chi connectivity index (χ3v) is 2.72. The number of aromatic nitrogens is 2. The van der Waals surface area contributed by atoms with Crippen LogP contribution in [0.15, 0.2) is 18.2 Å². The van der Waals surface area contributed by atoms with Crippen LogP contribution in [0.1, 0.15) is 10.6 Å². The van der Waals surface area contributed by atoms with E-state index in [0.29, 0.717) is 15.7 Å². The molecule has 16 heavy (non-hydrogen) atoms. The highest BCUT2D eigenvalue weighted by atomic mass is 32.1. The first-order valence-electron chi connectivity index (χ1n) is 4.62. The molecule has 2 rings (SSSR count). The molecule has 2 aromatic rings. The Morgan fingerprint density at radius 2 is 2.25 bits per heavy atom. The first-order chi connectivity index (χ1) is 7.66. The molecule has 0 unspecified atom stereocenters. The molecule has 0 aliphatic rings. The number of halogens is 1. The molecule has 1 heterocycles. The van der Waals surface area contributed by atoms with Gasteiger partial charge in [-0.05, 0) is 18.6 Å². The molecule has 0 spiro atoms. The molecule has 0 saturated heterocycles. The van der Waals surface area contributed by atoms with Gasteiger partial charge >= 0.3 is 0 Å². The molecule has 0 amide bonds. The van der Waals surface area contributed by atoms with Crippen LogP contribution in [0, 0.1) is 12.7 Å². The Labute approximate surface area is 95.9 Å². The molecule has 1 aromatic heterocycles. The monoisotopic (exact) mass is 239 g/mol. The van der Waals surface area contributed by atoms with Crippen molar-refractivity contribution in [1.82, 2.24) is 10.2 Å². The van der Waals surface area contributed by atoms with Gasteiger partial charge in [0.25, 0.3) is 0 Å². The minimum atomic E-state index is -0.347. The Bertz CT molecular complexity index is 501. The van der Waals surface area contributed by atoms with Crippen molar-refractivity contribution in [3.05, 3.63) is 34.6 Å². The number of rotatable bonds is 3. The number of aryl methyl sites for hydroxylation is 1. The summed E-state index contributed by atoms with van der Waals surface area (Å²) in [5.41, 5.74) is 5.97. The third-order valence-electron chi connectivity index (χ3n) is 1.99. The highest BCUT2D eigenvalue weighted by molar-refractivity contribution is 7.15. The molecule has 4 nitrogen and oxygen atoms in total. The summed E-state index contributed by atoms with van der Waals surface area (Å²) in [6.45, 7) is 1.86. The maximum atomic E-state index is 13.5. The summed E-state index contributed by atoms with van der Waals surface area (Å²) < 4.78 is 18.8. The van der Waals surface area contributed by atoms with Gasteiger partial charge in [-0.15, -0.1) is 10.2 Å². The van der Waals surface area contributed by atoms with Gasteiger partial charge in [0, 0.05) is 0 Å². The van der Waals surface area contributed by atoms with Gasteiger partial charge in [0.1, 0.15) is 6.61 Å². The van der Waals surface area contributed by atoms with Crippen molar-refractivity contribution in [3.8, 4) is 5.75 Å². The first kappa shape index (κ1) is 10.8. The molecule has 0 bridgehead atoms. The quantitative estimate of drug-likeness (QED) is 0.891. The van der Waals surface area contributed by atoms with E-state index in [4.69, 9.17) is 10.5 Å². The lowest BCUT2D eigenvalue weighted by Crippen LogP contribution is -1.98. The normalized spacial score (nSPS) is 10.4. The van der Waals surface area contributed by atoms with Gasteiger partial charge in [-0.2, -0.15) is 0 Å². The van der Waals surface area contributed by atoms with E-state index in [1.807, 2.05) is 0 Å². The number of ether oxygens (including phenoxy) is 1. The van der Waals surface area contributed by atoms with E-state index < -0.39 is 0 Å². The minimum absolute atomic E-state index is 0.176. The van der Waals surface area contributed by atoms with Crippen LogP contribution in [0.2, 0.25) is 0 Å². The maximum absolute atomic E-state index is 13.5. The van der Waals surface area contributed by atoms with Gasteiger partial charge in [0.15, 0.2) is 16.6 Å². The fourth-order valence-corrected chi connectivity index (χ4v) is 1.72. The number of hydrogen-bond donors (Lipinski definition) is 1. The predicted octanol–water partition coefficient (Wildman–Crippen LogP) is 2.15. The molecule has 0 saturated carbocycles. The van der Waals surface area contributed by atoms with Gasteiger partial charge < -0.3 is 10.5 Å². The summed E-state index contributed by atoms with van der Waals surface area (Å²) in [5.74, 6) is -0.131. The lowest BCUT2D eigenvalue weighted by atomic mass is 10.2. The Balaban J connectivity index is 2.07. The second kappa shape index (κ2) is 4.44. The van der Waals surface area contributed by atoms with Gasteiger partial charge in [0.05, 0.1) is 0 Å². The standard InChI is InChI=1S/C10H10FN3OS/c1-6-3-2-4-7(9(6)11)15-5-8-13-14-10(12)16-8/h2-4H,5H2,1H3,(H2,12,14). The average molecular weight is 239 g/mol. The second-order valence-electron chi connectivity index (χ2n) is 3.21. The van der Waals surface area contributed by atoms with E-state index in [9.17, 15) is 4.39 Å². The Morgan fingerprint density at radius 1 is 1.44 bits per heavy atom. The van der Waals surface area contributed by atoms with E-state index in [1.54, 1.807) is 25.1 Å². The van der Waals surface area contributed by atoms with Crippen molar-refractivity contribution in [2.24, 2.45) is 0 Å². The van der Waals surface area contributed by atoms with E-state index in [2.05, 4.69) is 10.2 Å². The van der Waals surface area contributed by atoms with Crippen molar-refractivity contribution >= 4 is 16.5 Å². The van der Waals surface area contributed by atoms with Crippen molar-refractivity contribution in [2.45, 2.75) is 13.5 Å². The first-order valence-corrected chi connectivity index (χ1v) is 5.44. The van der Waals surface area contributed by atoms with Crippen LogP contribution in [0.5, 0.6) is 5.75 Å². The van der Waals surface area contributed by atoms with E-state index in [0.717, 1.165) is 0 Å². The summed E-state index contributed by atoms with van der Waals surface area (Å²) in [7, 11) is 0. The third kappa shape index (κ3) is 2.27. The summed E-state index contributed by atoms with van der Waals surface area (Å²) >= 11 is 1.23. The van der Waals surface area contributed by atoms with Crippen LogP contribution in [-0.2, 0) is 6.61 Å². The topological polar surface area (TPSA) is 61.0 Å². The zero-order valence-electron chi connectivity index (χ0n) is 8.61. The van der Waals surface area contributed by atoms with Gasteiger partial charge in [0.2, 0.25) is 5.13 Å². The Kier molecular flexibility index (Phi) is 3.00. The SMILES string of the molecule is Cc1cccc(OCc2nnc(N)s2)c1F. The maximum Gasteiger partial charge on any atom is 0.203 e. The molecular weight excluding hydrogens is 229 g/mol. The van der Waals surface area contributed by atoms with Crippen molar-refractivity contribution in [1.29, 1.82) is 0 Å². The van der Waals surface area contributed by atoms with Crippen LogP contribution in [0.3, 0.4) is 0 Å². The van der Waals surface area contributed by atoms with Crippen molar-refractivity contribution in [3.63, 3.8) is 0 Å². The molecular formula is C10H10FN3OS. The lowest BCUT2D eigenvalue weighted by molar-refractivity contribution is 0.288. The smallest absolute Gasteiger partial charge is 0.203 e. The molecule has 0 fully saturated rings. The summed E-state index contributed by atoms with van der Waals surface area (Å²) in [6, 6.07) is 5.00. The van der Waals surface area contributed by atoms with Crippen LogP contribution >= 0.6 is 11.3 Å². The number of nitrogen functional groups attached to an aromatic ring is 1. The summed E-state index contributed by atoms with van der Waals surface area (Å²) in [5, 5.41) is 8.42. The number of nitrogens with zero attached hydrogens (tertiary/aromatic N) is 2. The highest BCUT2D eigenvalue weighted by Gasteiger charge is 2.07. The zero-order chi connectivity index (χ0) is 11.5. The minimum Gasteiger partial charge on any atom is -0.483 e. The van der Waals surface area contributed by atoms with E-state index >= 15 is 0 Å². The van der Waals surface area contributed by atoms with Crippen LogP contribution in [0.25, 0.3) is 0 Å². The Hall–Kier alpha value is -1.69. The number of hydrogen-bond acceptors (Lipinski definition) is 5. The van der Waals surface area contributed by atoms with Crippen LogP contribution in [-0.4, -0.2) is 10.2 Å². The molecule has 0 aliphatic heterocycles. The van der Waals surface area contributed by atoms with Crippen LogP contribution in [0.4, 0.5) is 9.52 Å². The highest BCUT2D eigenvalue weighted by Crippen LogP contribution is 2.21. The summed E-state index contributed by atoms with van der Waals surface area (Å²) in [6.07, 6.45) is 0. The number of benzene rings is 1. The zero-order valence-corrected chi connectivity index (χ0v) is 9.42. The number of anilines is 1. The molecule has 6 heteroatoms. The van der Waals surface area contributed by atoms with E-state index in [-0.39, 0.29) is 18.2 Å². The Morgan fingerprint density at radius 3 is 2.94 bits per heavy atom. The molecule has 1 aromatic carbocycles. The summed E-state index contributed by atoms with van der Waals surface area (Å²) in [4.78, 5) is 0. The largest absolute Gasteiger partial charge is 0.483 e. The van der Waals surface area contributed by atoms with Gasteiger partial charge in [-0.25, -0.2) is 4.39 Å². The lowest BCUT2D eigenvalue weighted by Gasteiger charge is -2.06. The van der Waals surface area contributed by atoms with Crippen molar-refractivity contribution < 1.29 is 9.13 Å². The fraction of sp³-hybridized carbons (Fsp3) is 0.200. The molecule has 2 N–H and O–H groups in total. The average Bonchev–Trinajstić information content (AvgIpc) is 2.67. The molecule has 84 valence electrons. The molecule has 0 radical (unpaired) electrons. The molecule has 0 atom stereocenters.